The molecule has 2 heterocycles. The maximum atomic E-state index is 12.9. The summed E-state index contributed by atoms with van der Waals surface area (Å²) >= 11 is 0. The highest BCUT2D eigenvalue weighted by Gasteiger charge is 2.18. The Morgan fingerprint density at radius 3 is 2.70 bits per heavy atom. The fourth-order valence-corrected chi connectivity index (χ4v) is 4.15. The molecule has 0 unspecified atom stereocenters. The van der Waals surface area contributed by atoms with Gasteiger partial charge in [-0.25, -0.2) is 4.68 Å². The van der Waals surface area contributed by atoms with Gasteiger partial charge in [-0.05, 0) is 43.0 Å². The molecule has 1 fully saturated rings. The first-order valence-electron chi connectivity index (χ1n) is 11.2. The third kappa shape index (κ3) is 6.15. The van der Waals surface area contributed by atoms with Crippen LogP contribution in [0.3, 0.4) is 0 Å². The number of ketones is 1. The Labute approximate surface area is 193 Å². The Kier molecular flexibility index (Phi) is 7.32. The summed E-state index contributed by atoms with van der Waals surface area (Å²) in [5, 5.41) is 14.0. The Hall–Kier alpha value is -3.29. The van der Waals surface area contributed by atoms with Gasteiger partial charge in [0, 0.05) is 24.7 Å². The van der Waals surface area contributed by atoms with E-state index < -0.39 is 0 Å². The number of likely N-dealkylation sites (tertiary alicyclic amines) is 1. The second-order valence-electron chi connectivity index (χ2n) is 8.57. The number of ether oxygens (including phenoxy) is 1. The van der Waals surface area contributed by atoms with Crippen LogP contribution in [-0.4, -0.2) is 44.8 Å². The lowest BCUT2D eigenvalue weighted by atomic mass is 10.0. The molecular weight excluding hydrogens is 418 g/mol. The van der Waals surface area contributed by atoms with Crippen molar-refractivity contribution >= 4 is 5.78 Å². The molecular formula is C26H29N3O4. The van der Waals surface area contributed by atoms with Gasteiger partial charge < -0.3 is 9.84 Å². The first kappa shape index (κ1) is 22.9. The first-order chi connectivity index (χ1) is 16.0. The number of benzene rings is 2. The van der Waals surface area contributed by atoms with Crippen LogP contribution in [0.15, 0.2) is 65.6 Å². The molecule has 1 aliphatic rings. The van der Waals surface area contributed by atoms with Crippen molar-refractivity contribution in [2.75, 3.05) is 13.1 Å². The number of hydrogen-bond acceptors (Lipinski definition) is 6. The number of hydrogen-bond donors (Lipinski definition) is 1. The minimum Gasteiger partial charge on any atom is -0.487 e. The lowest BCUT2D eigenvalue weighted by Gasteiger charge is -2.30. The zero-order chi connectivity index (χ0) is 23.2. The second-order valence-corrected chi connectivity index (χ2v) is 8.57. The van der Waals surface area contributed by atoms with Crippen molar-refractivity contribution in [3.8, 4) is 5.75 Å². The van der Waals surface area contributed by atoms with Crippen LogP contribution in [0.5, 0.6) is 5.75 Å². The number of rotatable bonds is 8. The predicted octanol–water partition coefficient (Wildman–Crippen LogP) is 2.97. The molecule has 0 radical (unpaired) electrons. The van der Waals surface area contributed by atoms with Gasteiger partial charge in [-0.15, -0.1) is 0 Å². The zero-order valence-electron chi connectivity index (χ0n) is 18.8. The number of aliphatic hydroxyl groups excluding tert-OH is 1. The van der Waals surface area contributed by atoms with E-state index in [1.807, 2.05) is 55.5 Å². The summed E-state index contributed by atoms with van der Waals surface area (Å²) in [6.07, 6.45) is 3.05. The van der Waals surface area contributed by atoms with Crippen molar-refractivity contribution in [3.05, 3.63) is 93.4 Å². The summed E-state index contributed by atoms with van der Waals surface area (Å²) in [6.45, 7) is 4.51. The van der Waals surface area contributed by atoms with Crippen molar-refractivity contribution < 1.29 is 14.6 Å². The van der Waals surface area contributed by atoms with Crippen molar-refractivity contribution in [2.24, 2.45) is 0 Å². The van der Waals surface area contributed by atoms with E-state index in [1.165, 1.54) is 12.3 Å². The SMILES string of the molecule is Cc1cc(CN2CCC[C@H](O)C2)ccc1C(=O)Cn1ncc(OCc2ccccc2)cc1=O. The number of carbonyl (C=O) groups is 1. The highest BCUT2D eigenvalue weighted by atomic mass is 16.5. The number of piperidine rings is 1. The van der Waals surface area contributed by atoms with E-state index in [0.717, 1.165) is 47.3 Å². The van der Waals surface area contributed by atoms with Crippen LogP contribution in [0.4, 0.5) is 0 Å². The van der Waals surface area contributed by atoms with Gasteiger partial charge in [0.15, 0.2) is 5.78 Å². The van der Waals surface area contributed by atoms with Crippen molar-refractivity contribution in [2.45, 2.75) is 45.6 Å². The molecule has 7 heteroatoms. The van der Waals surface area contributed by atoms with E-state index in [0.29, 0.717) is 24.5 Å². The lowest BCUT2D eigenvalue weighted by molar-refractivity contribution is 0.0668. The molecule has 1 saturated heterocycles. The van der Waals surface area contributed by atoms with E-state index >= 15 is 0 Å². The molecule has 33 heavy (non-hydrogen) atoms. The first-order valence-corrected chi connectivity index (χ1v) is 11.2. The molecule has 0 spiro atoms. The minimum atomic E-state index is -0.383. The molecule has 1 atom stereocenters. The largest absolute Gasteiger partial charge is 0.487 e. The highest BCUT2D eigenvalue weighted by Crippen LogP contribution is 2.17. The molecule has 0 saturated carbocycles. The average molecular weight is 448 g/mol. The third-order valence-corrected chi connectivity index (χ3v) is 5.86. The molecule has 3 aromatic rings. The van der Waals surface area contributed by atoms with Crippen LogP contribution in [0, 0.1) is 6.92 Å². The topological polar surface area (TPSA) is 84.7 Å². The van der Waals surface area contributed by atoms with Crippen LogP contribution >= 0.6 is 0 Å². The van der Waals surface area contributed by atoms with Gasteiger partial charge in [-0.3, -0.25) is 14.5 Å². The maximum Gasteiger partial charge on any atom is 0.270 e. The van der Waals surface area contributed by atoms with Gasteiger partial charge in [0.1, 0.15) is 18.9 Å². The predicted molar refractivity (Wildman–Crippen MR) is 125 cm³/mol. The Balaban J connectivity index is 1.37. The molecule has 4 rings (SSSR count). The zero-order valence-corrected chi connectivity index (χ0v) is 18.8. The normalized spacial score (nSPS) is 16.5. The van der Waals surface area contributed by atoms with Crippen LogP contribution < -0.4 is 10.3 Å². The average Bonchev–Trinajstić information content (AvgIpc) is 2.80. The van der Waals surface area contributed by atoms with E-state index in [-0.39, 0.29) is 24.0 Å². The monoisotopic (exact) mass is 447 g/mol. The number of β-amino-alcohol motifs (C(OH)–C–C–N with tert-alkyl or cyclic N) is 1. The molecule has 1 N–H and O–H groups in total. The summed E-state index contributed by atoms with van der Waals surface area (Å²) in [5.41, 5.74) is 3.16. The number of Topliss-reactive ketones (excluding diaryl/α,β-unsaturated/α-hetero) is 1. The second kappa shape index (κ2) is 10.6. The Morgan fingerprint density at radius 2 is 1.97 bits per heavy atom. The van der Waals surface area contributed by atoms with E-state index in [2.05, 4.69) is 10.00 Å². The fraction of sp³-hybridized carbons (Fsp3) is 0.346. The fourth-order valence-electron chi connectivity index (χ4n) is 4.15. The van der Waals surface area contributed by atoms with Crippen LogP contribution in [0.25, 0.3) is 0 Å². The van der Waals surface area contributed by atoms with Crippen LogP contribution in [0.1, 0.15) is 39.9 Å². The minimum absolute atomic E-state index is 0.129. The molecule has 1 aliphatic heterocycles. The van der Waals surface area contributed by atoms with E-state index in [9.17, 15) is 14.7 Å². The lowest BCUT2D eigenvalue weighted by Crippen LogP contribution is -2.37. The maximum absolute atomic E-state index is 12.9. The number of aliphatic hydroxyl groups is 1. The smallest absolute Gasteiger partial charge is 0.270 e. The molecule has 172 valence electrons. The Bertz CT molecular complexity index is 1160. The molecule has 0 bridgehead atoms. The Morgan fingerprint density at radius 1 is 1.15 bits per heavy atom. The van der Waals surface area contributed by atoms with Crippen molar-refractivity contribution in [3.63, 3.8) is 0 Å². The number of carbonyl (C=O) groups excluding carboxylic acids is 1. The number of aromatic nitrogens is 2. The summed E-state index contributed by atoms with van der Waals surface area (Å²) in [4.78, 5) is 27.5. The summed E-state index contributed by atoms with van der Waals surface area (Å²) in [5.74, 6) is 0.205. The standard InChI is InChI=1S/C26H29N3O4/c1-19-12-21(15-28-11-5-8-22(30)16-28)9-10-24(19)25(31)17-29-26(32)13-23(14-27-29)33-18-20-6-3-2-4-7-20/h2-4,6-7,9-10,12-14,22,30H,5,8,11,15-18H2,1H3/t22-/m0/s1. The summed E-state index contributed by atoms with van der Waals surface area (Å²) in [7, 11) is 0. The quantitative estimate of drug-likeness (QED) is 0.535. The van der Waals surface area contributed by atoms with Gasteiger partial charge in [0.2, 0.25) is 0 Å². The van der Waals surface area contributed by atoms with E-state index in [4.69, 9.17) is 4.74 Å². The molecule has 7 nitrogen and oxygen atoms in total. The molecule has 1 aromatic heterocycles. The van der Waals surface area contributed by atoms with Crippen molar-refractivity contribution in [1.82, 2.24) is 14.7 Å². The van der Waals surface area contributed by atoms with Gasteiger partial charge in [0.25, 0.3) is 5.56 Å². The van der Waals surface area contributed by atoms with Gasteiger partial charge in [-0.2, -0.15) is 5.10 Å². The van der Waals surface area contributed by atoms with Gasteiger partial charge in [-0.1, -0.05) is 48.5 Å². The van der Waals surface area contributed by atoms with E-state index in [1.54, 1.807) is 0 Å². The third-order valence-electron chi connectivity index (χ3n) is 5.86. The number of nitrogens with zero attached hydrogens (tertiary/aromatic N) is 3. The summed E-state index contributed by atoms with van der Waals surface area (Å²) < 4.78 is 6.79. The molecule has 0 aliphatic carbocycles. The van der Waals surface area contributed by atoms with Crippen LogP contribution in [-0.2, 0) is 19.7 Å². The molecule has 2 aromatic carbocycles. The van der Waals surface area contributed by atoms with Gasteiger partial charge >= 0.3 is 0 Å². The van der Waals surface area contributed by atoms with Crippen LogP contribution in [0.2, 0.25) is 0 Å². The van der Waals surface area contributed by atoms with Gasteiger partial charge in [0.05, 0.1) is 12.3 Å². The summed E-state index contributed by atoms with van der Waals surface area (Å²) in [6, 6.07) is 16.8. The highest BCUT2D eigenvalue weighted by molar-refractivity contribution is 5.97. The van der Waals surface area contributed by atoms with Crippen molar-refractivity contribution in [1.29, 1.82) is 0 Å². The number of aryl methyl sites for hydroxylation is 1. The molecule has 0 amide bonds.